The number of halogens is 1. The Morgan fingerprint density at radius 2 is 2.11 bits per heavy atom. The van der Waals surface area contributed by atoms with Gasteiger partial charge in [0.2, 0.25) is 0 Å². The summed E-state index contributed by atoms with van der Waals surface area (Å²) >= 11 is 0. The maximum Gasteiger partial charge on any atom is 0.124 e. The Hall–Kier alpha value is -0.570. The number of alkyl halides is 1. The average molecular weight is 396 g/mol. The summed E-state index contributed by atoms with van der Waals surface area (Å²) in [5.41, 5.74) is 1.26. The SMILES string of the molecule is CNC1NC(NC2CC3CCOC3C(C3=CCNCCC3)C2F)NC(C)C1C. The van der Waals surface area contributed by atoms with Crippen LogP contribution < -0.4 is 26.6 Å². The van der Waals surface area contributed by atoms with Gasteiger partial charge in [0.15, 0.2) is 0 Å². The molecule has 0 aromatic carbocycles. The van der Waals surface area contributed by atoms with Crippen molar-refractivity contribution in [1.29, 1.82) is 0 Å². The molecule has 3 fully saturated rings. The first kappa shape index (κ1) is 20.7. The Morgan fingerprint density at radius 1 is 1.25 bits per heavy atom. The average Bonchev–Trinajstić information content (AvgIpc) is 2.97. The maximum atomic E-state index is 15.9. The van der Waals surface area contributed by atoms with Gasteiger partial charge in [-0.15, -0.1) is 0 Å². The topological polar surface area (TPSA) is 69.4 Å². The summed E-state index contributed by atoms with van der Waals surface area (Å²) in [6.45, 7) is 7.05. The third-order valence-electron chi connectivity index (χ3n) is 7.44. The Bertz CT molecular complexity index is 561. The highest BCUT2D eigenvalue weighted by Crippen LogP contribution is 2.44. The van der Waals surface area contributed by atoms with Crippen LogP contribution in [0.2, 0.25) is 0 Å². The third-order valence-corrected chi connectivity index (χ3v) is 7.44. The number of hydrogen-bond acceptors (Lipinski definition) is 6. The van der Waals surface area contributed by atoms with Crippen LogP contribution >= 0.6 is 0 Å². The molecular formula is C21H38FN5O. The van der Waals surface area contributed by atoms with E-state index in [9.17, 15) is 0 Å². The van der Waals surface area contributed by atoms with Gasteiger partial charge in [-0.25, -0.2) is 4.39 Å². The van der Waals surface area contributed by atoms with Gasteiger partial charge in [0.25, 0.3) is 0 Å². The molecule has 6 nitrogen and oxygen atoms in total. The van der Waals surface area contributed by atoms with E-state index in [0.29, 0.717) is 17.9 Å². The zero-order valence-corrected chi connectivity index (χ0v) is 17.5. The van der Waals surface area contributed by atoms with Crippen LogP contribution in [-0.4, -0.2) is 63.6 Å². The summed E-state index contributed by atoms with van der Waals surface area (Å²) in [6, 6.07) is 0.194. The molecule has 9 atom stereocenters. The van der Waals surface area contributed by atoms with Crippen LogP contribution in [0.25, 0.3) is 0 Å². The Kier molecular flexibility index (Phi) is 6.70. The van der Waals surface area contributed by atoms with Crippen LogP contribution in [0.4, 0.5) is 4.39 Å². The number of nitrogens with one attached hydrogen (secondary N) is 5. The first-order chi connectivity index (χ1) is 13.6. The largest absolute Gasteiger partial charge is 0.377 e. The molecule has 1 saturated carbocycles. The molecule has 7 heteroatoms. The molecule has 0 aromatic heterocycles. The predicted molar refractivity (Wildman–Crippen MR) is 109 cm³/mol. The normalized spacial score (nSPS) is 47.3. The molecule has 9 unspecified atom stereocenters. The zero-order valence-electron chi connectivity index (χ0n) is 17.5. The summed E-state index contributed by atoms with van der Waals surface area (Å²) in [5, 5.41) is 17.5. The van der Waals surface area contributed by atoms with Crippen LogP contribution in [0, 0.1) is 17.8 Å². The van der Waals surface area contributed by atoms with E-state index < -0.39 is 6.17 Å². The van der Waals surface area contributed by atoms with Crippen molar-refractivity contribution in [1.82, 2.24) is 26.6 Å². The summed E-state index contributed by atoms with van der Waals surface area (Å²) in [5.74, 6) is 0.796. The number of ether oxygens (including phenoxy) is 1. The highest BCUT2D eigenvalue weighted by Gasteiger charge is 2.49. The van der Waals surface area contributed by atoms with Crippen LogP contribution in [0.5, 0.6) is 0 Å². The number of fused-ring (bicyclic) bond motifs is 1. The molecular weight excluding hydrogens is 357 g/mol. The van der Waals surface area contributed by atoms with E-state index in [0.717, 1.165) is 45.4 Å². The zero-order chi connectivity index (χ0) is 19.7. The van der Waals surface area contributed by atoms with Gasteiger partial charge in [0.1, 0.15) is 12.5 Å². The molecule has 1 aliphatic carbocycles. The van der Waals surface area contributed by atoms with Crippen LogP contribution in [0.1, 0.15) is 39.5 Å². The van der Waals surface area contributed by atoms with Gasteiger partial charge in [-0.2, -0.15) is 0 Å². The molecule has 0 aromatic rings. The fourth-order valence-corrected chi connectivity index (χ4v) is 5.63. The lowest BCUT2D eigenvalue weighted by Gasteiger charge is -2.46. The van der Waals surface area contributed by atoms with Crippen LogP contribution in [0.3, 0.4) is 0 Å². The Labute approximate surface area is 168 Å². The molecule has 28 heavy (non-hydrogen) atoms. The molecule has 0 spiro atoms. The van der Waals surface area contributed by atoms with E-state index in [1.165, 1.54) is 5.57 Å². The summed E-state index contributed by atoms with van der Waals surface area (Å²) in [4.78, 5) is 0. The van der Waals surface area contributed by atoms with Gasteiger partial charge < -0.3 is 15.4 Å². The molecule has 3 aliphatic heterocycles. The van der Waals surface area contributed by atoms with E-state index in [1.54, 1.807) is 0 Å². The molecule has 4 aliphatic rings. The van der Waals surface area contributed by atoms with Crippen LogP contribution in [-0.2, 0) is 4.74 Å². The quantitative estimate of drug-likeness (QED) is 0.459. The molecule has 0 amide bonds. The highest BCUT2D eigenvalue weighted by molar-refractivity contribution is 5.18. The minimum atomic E-state index is -0.921. The highest BCUT2D eigenvalue weighted by atomic mass is 19.1. The second-order valence-corrected chi connectivity index (χ2v) is 9.13. The lowest BCUT2D eigenvalue weighted by atomic mass is 9.71. The Morgan fingerprint density at radius 3 is 2.93 bits per heavy atom. The standard InChI is InChI=1S/C21H38FN5O/c1-12-13(2)25-21(27-20(12)23-3)26-16-11-15-7-10-28-19(15)17(18(16)22)14-5-4-8-24-9-6-14/h6,12-13,15-21,23-27H,4-5,7-11H2,1-3H3. The minimum Gasteiger partial charge on any atom is -0.377 e. The van der Waals surface area contributed by atoms with Crippen molar-refractivity contribution in [3.8, 4) is 0 Å². The van der Waals surface area contributed by atoms with Gasteiger partial charge >= 0.3 is 0 Å². The van der Waals surface area contributed by atoms with Gasteiger partial charge in [-0.05, 0) is 58.0 Å². The van der Waals surface area contributed by atoms with Gasteiger partial charge in [-0.1, -0.05) is 18.6 Å². The summed E-state index contributed by atoms with van der Waals surface area (Å²) in [7, 11) is 1.98. The lowest BCUT2D eigenvalue weighted by molar-refractivity contribution is -0.0273. The monoisotopic (exact) mass is 395 g/mol. The summed E-state index contributed by atoms with van der Waals surface area (Å²) < 4.78 is 22.0. The summed E-state index contributed by atoms with van der Waals surface area (Å²) in [6.07, 6.45) is 5.44. The first-order valence-electron chi connectivity index (χ1n) is 11.2. The first-order valence-corrected chi connectivity index (χ1v) is 11.2. The predicted octanol–water partition coefficient (Wildman–Crippen LogP) is 1.06. The molecule has 2 saturated heterocycles. The lowest BCUT2D eigenvalue weighted by Crippen LogP contribution is -2.72. The second-order valence-electron chi connectivity index (χ2n) is 9.13. The molecule has 160 valence electrons. The van der Waals surface area contributed by atoms with E-state index in [-0.39, 0.29) is 30.5 Å². The van der Waals surface area contributed by atoms with Gasteiger partial charge in [0, 0.05) is 31.2 Å². The van der Waals surface area contributed by atoms with Gasteiger partial charge in [-0.3, -0.25) is 16.0 Å². The smallest absolute Gasteiger partial charge is 0.124 e. The maximum absolute atomic E-state index is 15.9. The number of rotatable bonds is 4. The van der Waals surface area contributed by atoms with Gasteiger partial charge in [0.05, 0.1) is 12.3 Å². The molecule has 3 heterocycles. The fourth-order valence-electron chi connectivity index (χ4n) is 5.63. The third kappa shape index (κ3) is 4.16. The van der Waals surface area contributed by atoms with E-state index in [1.807, 2.05) is 7.05 Å². The second kappa shape index (κ2) is 9.06. The van der Waals surface area contributed by atoms with Crippen molar-refractivity contribution in [2.24, 2.45) is 17.8 Å². The van der Waals surface area contributed by atoms with Crippen molar-refractivity contribution < 1.29 is 9.13 Å². The van der Waals surface area contributed by atoms with E-state index in [2.05, 4.69) is 46.5 Å². The van der Waals surface area contributed by atoms with E-state index in [4.69, 9.17) is 4.74 Å². The number of hydrogen-bond donors (Lipinski definition) is 5. The minimum absolute atomic E-state index is 0.0497. The van der Waals surface area contributed by atoms with Crippen molar-refractivity contribution in [2.45, 2.75) is 76.3 Å². The van der Waals surface area contributed by atoms with Crippen molar-refractivity contribution >= 4 is 0 Å². The van der Waals surface area contributed by atoms with E-state index >= 15 is 4.39 Å². The van der Waals surface area contributed by atoms with Crippen molar-refractivity contribution in [3.05, 3.63) is 11.6 Å². The van der Waals surface area contributed by atoms with Crippen molar-refractivity contribution in [2.75, 3.05) is 26.7 Å². The molecule has 0 bridgehead atoms. The molecule has 0 radical (unpaired) electrons. The molecule has 5 N–H and O–H groups in total. The van der Waals surface area contributed by atoms with Crippen molar-refractivity contribution in [3.63, 3.8) is 0 Å². The fraction of sp³-hybridized carbons (Fsp3) is 0.905. The molecule has 4 rings (SSSR count). The Balaban J connectivity index is 1.49. The van der Waals surface area contributed by atoms with Crippen LogP contribution in [0.15, 0.2) is 11.6 Å².